The first-order chi connectivity index (χ1) is 20.0. The Bertz CT molecular complexity index is 1690. The lowest BCUT2D eigenvalue weighted by atomic mass is 9.83. The van der Waals surface area contributed by atoms with Crippen molar-refractivity contribution in [3.63, 3.8) is 0 Å². The molecule has 0 unspecified atom stereocenters. The van der Waals surface area contributed by atoms with E-state index in [9.17, 15) is 4.79 Å². The number of benzene rings is 2. The summed E-state index contributed by atoms with van der Waals surface area (Å²) in [7, 11) is 1.69. The van der Waals surface area contributed by atoms with Gasteiger partial charge >= 0.3 is 5.76 Å². The van der Waals surface area contributed by atoms with E-state index in [4.69, 9.17) is 35.8 Å². The molecular weight excluding hydrogens is 542 g/mol. The van der Waals surface area contributed by atoms with Crippen LogP contribution in [0.5, 0.6) is 0 Å². The molecule has 41 heavy (non-hydrogen) atoms. The standard InChI is InChI=1S/C30H32ClN7O3/c1-18-11-13-19(14-12-18)16-38-25-24(21-9-6-10-22(31)15-21)33-27(28-36-30(39)41-37-28)34-26(25)35-29(38)32-23(17-40-2)20-7-4-3-5-8-20/h3-10,15,18-19,23H,11-14,16-17H2,1-2H3,(H,36,37,39)(H,32,33,34,35)/t18?,19?,23-/m0/s1. The van der Waals surface area contributed by atoms with Gasteiger partial charge in [-0.15, -0.1) is 0 Å². The zero-order valence-electron chi connectivity index (χ0n) is 23.0. The van der Waals surface area contributed by atoms with E-state index in [1.165, 1.54) is 12.8 Å². The number of methoxy groups -OCH3 is 1. The molecule has 6 rings (SSSR count). The van der Waals surface area contributed by atoms with Crippen molar-refractivity contribution in [1.29, 1.82) is 0 Å². The molecule has 212 valence electrons. The molecule has 3 heterocycles. The molecule has 0 amide bonds. The van der Waals surface area contributed by atoms with E-state index in [0.29, 0.717) is 34.8 Å². The number of H-pyrrole nitrogens is 1. The molecular formula is C30H32ClN7O3. The van der Waals surface area contributed by atoms with Gasteiger partial charge < -0.3 is 14.6 Å². The van der Waals surface area contributed by atoms with Crippen LogP contribution in [0.3, 0.4) is 0 Å². The maximum absolute atomic E-state index is 11.7. The van der Waals surface area contributed by atoms with Crippen molar-refractivity contribution >= 4 is 28.7 Å². The Morgan fingerprint density at radius 3 is 2.61 bits per heavy atom. The summed E-state index contributed by atoms with van der Waals surface area (Å²) in [5.41, 5.74) is 3.79. The second-order valence-electron chi connectivity index (χ2n) is 10.8. The Balaban J connectivity index is 1.54. The van der Waals surface area contributed by atoms with Gasteiger partial charge in [0.1, 0.15) is 11.2 Å². The molecule has 1 aliphatic rings. The minimum atomic E-state index is -0.683. The molecule has 2 aromatic carbocycles. The number of imidazole rings is 1. The molecule has 0 aliphatic heterocycles. The van der Waals surface area contributed by atoms with E-state index in [-0.39, 0.29) is 17.7 Å². The zero-order chi connectivity index (χ0) is 28.3. The van der Waals surface area contributed by atoms with Crippen molar-refractivity contribution in [2.24, 2.45) is 11.8 Å². The fourth-order valence-electron chi connectivity index (χ4n) is 5.59. The van der Waals surface area contributed by atoms with Crippen molar-refractivity contribution in [3.05, 3.63) is 75.7 Å². The van der Waals surface area contributed by atoms with Gasteiger partial charge in [-0.05, 0) is 42.4 Å². The third-order valence-corrected chi connectivity index (χ3v) is 8.00. The highest BCUT2D eigenvalue weighted by molar-refractivity contribution is 6.30. The maximum atomic E-state index is 11.7. The number of aromatic nitrogens is 6. The van der Waals surface area contributed by atoms with Gasteiger partial charge in [-0.25, -0.2) is 14.8 Å². The molecule has 0 radical (unpaired) electrons. The highest BCUT2D eigenvalue weighted by Crippen LogP contribution is 2.36. The minimum absolute atomic E-state index is 0.132. The molecule has 2 N–H and O–H groups in total. The quantitative estimate of drug-likeness (QED) is 0.216. The van der Waals surface area contributed by atoms with Crippen molar-refractivity contribution < 1.29 is 9.26 Å². The first kappa shape index (κ1) is 27.2. The number of rotatable bonds is 9. The maximum Gasteiger partial charge on any atom is 0.439 e. The Kier molecular flexibility index (Phi) is 7.84. The summed E-state index contributed by atoms with van der Waals surface area (Å²) in [6.07, 6.45) is 4.70. The highest BCUT2D eigenvalue weighted by atomic mass is 35.5. The number of hydrogen-bond donors (Lipinski definition) is 2. The monoisotopic (exact) mass is 573 g/mol. The topological polar surface area (TPSA) is 124 Å². The summed E-state index contributed by atoms with van der Waals surface area (Å²) in [6.45, 7) is 3.54. The molecule has 1 aliphatic carbocycles. The molecule has 0 saturated heterocycles. The lowest BCUT2D eigenvalue weighted by Gasteiger charge is -2.28. The van der Waals surface area contributed by atoms with Crippen molar-refractivity contribution in [2.45, 2.75) is 45.2 Å². The normalized spacial score (nSPS) is 18.0. The van der Waals surface area contributed by atoms with E-state index in [2.05, 4.69) is 39.1 Å². The number of ether oxygens (including phenoxy) is 1. The largest absolute Gasteiger partial charge is 0.439 e. The number of nitrogens with one attached hydrogen (secondary N) is 2. The summed E-state index contributed by atoms with van der Waals surface area (Å²) in [5, 5.41) is 8.06. The average molecular weight is 574 g/mol. The number of aromatic amines is 1. The fraction of sp³-hybridized carbons (Fsp3) is 0.367. The SMILES string of the molecule is COC[C@H](Nc1nc2nc(-c3noc(=O)[nH]3)nc(-c3cccc(Cl)c3)c2n1CC1CCC(C)CC1)c1ccccc1. The molecule has 1 atom stereocenters. The second-order valence-corrected chi connectivity index (χ2v) is 11.2. The number of halogens is 1. The summed E-state index contributed by atoms with van der Waals surface area (Å²) < 4.78 is 12.5. The van der Waals surface area contributed by atoms with Gasteiger partial charge in [-0.1, -0.05) is 79.0 Å². The van der Waals surface area contributed by atoms with Crippen LogP contribution in [-0.4, -0.2) is 43.4 Å². The third-order valence-electron chi connectivity index (χ3n) is 7.77. The highest BCUT2D eigenvalue weighted by Gasteiger charge is 2.26. The number of fused-ring (bicyclic) bond motifs is 1. The van der Waals surface area contributed by atoms with Crippen LogP contribution >= 0.6 is 11.6 Å². The molecule has 1 saturated carbocycles. The van der Waals surface area contributed by atoms with E-state index < -0.39 is 5.76 Å². The van der Waals surface area contributed by atoms with E-state index in [0.717, 1.165) is 41.9 Å². The van der Waals surface area contributed by atoms with Crippen molar-refractivity contribution in [3.8, 4) is 22.9 Å². The number of anilines is 1. The zero-order valence-corrected chi connectivity index (χ0v) is 23.8. The van der Waals surface area contributed by atoms with Gasteiger partial charge in [0.05, 0.1) is 12.6 Å². The van der Waals surface area contributed by atoms with Gasteiger partial charge in [0.15, 0.2) is 5.65 Å². The first-order valence-electron chi connectivity index (χ1n) is 13.9. The number of hydrogen-bond acceptors (Lipinski definition) is 8. The fourth-order valence-corrected chi connectivity index (χ4v) is 5.78. The smallest absolute Gasteiger partial charge is 0.382 e. The molecule has 0 spiro atoms. The van der Waals surface area contributed by atoms with Gasteiger partial charge in [0.25, 0.3) is 0 Å². The second kappa shape index (κ2) is 11.8. The first-order valence-corrected chi connectivity index (χ1v) is 14.3. The molecule has 3 aromatic heterocycles. The van der Waals surface area contributed by atoms with Crippen molar-refractivity contribution in [1.82, 2.24) is 29.7 Å². The lowest BCUT2D eigenvalue weighted by molar-refractivity contribution is 0.186. The average Bonchev–Trinajstić information content (AvgIpc) is 3.57. The Morgan fingerprint density at radius 2 is 1.90 bits per heavy atom. The third kappa shape index (κ3) is 5.89. The number of nitrogens with zero attached hydrogens (tertiary/aromatic N) is 5. The van der Waals surface area contributed by atoms with Crippen LogP contribution in [0.1, 0.15) is 44.2 Å². The lowest BCUT2D eigenvalue weighted by Crippen LogP contribution is -2.22. The summed E-state index contributed by atoms with van der Waals surface area (Å²) in [4.78, 5) is 28.9. The minimum Gasteiger partial charge on any atom is -0.382 e. The molecule has 11 heteroatoms. The van der Waals surface area contributed by atoms with Crippen LogP contribution in [0.25, 0.3) is 34.1 Å². The Hall–Kier alpha value is -4.02. The summed E-state index contributed by atoms with van der Waals surface area (Å²) in [5.74, 6) is 1.56. The van der Waals surface area contributed by atoms with Crippen LogP contribution in [0, 0.1) is 11.8 Å². The Labute approximate surface area is 242 Å². The predicted octanol–water partition coefficient (Wildman–Crippen LogP) is 6.12. The van der Waals surface area contributed by atoms with Crippen LogP contribution in [0.15, 0.2) is 63.9 Å². The Morgan fingerprint density at radius 1 is 1.10 bits per heavy atom. The van der Waals surface area contributed by atoms with E-state index in [1.54, 1.807) is 7.11 Å². The summed E-state index contributed by atoms with van der Waals surface area (Å²) in [6, 6.07) is 17.5. The van der Waals surface area contributed by atoms with Crippen LogP contribution in [0.2, 0.25) is 5.02 Å². The summed E-state index contributed by atoms with van der Waals surface area (Å²) >= 11 is 6.42. The van der Waals surface area contributed by atoms with Crippen LogP contribution < -0.4 is 11.1 Å². The van der Waals surface area contributed by atoms with Gasteiger partial charge in [0.2, 0.25) is 17.6 Å². The molecule has 5 aromatic rings. The van der Waals surface area contributed by atoms with Crippen LogP contribution in [0.4, 0.5) is 5.95 Å². The van der Waals surface area contributed by atoms with E-state index in [1.807, 2.05) is 42.5 Å². The molecule has 1 fully saturated rings. The molecule has 0 bridgehead atoms. The predicted molar refractivity (Wildman–Crippen MR) is 158 cm³/mol. The van der Waals surface area contributed by atoms with Gasteiger partial charge in [0, 0.05) is 24.2 Å². The molecule has 10 nitrogen and oxygen atoms in total. The van der Waals surface area contributed by atoms with Gasteiger partial charge in [-0.2, -0.15) is 4.98 Å². The van der Waals surface area contributed by atoms with E-state index >= 15 is 0 Å². The van der Waals surface area contributed by atoms with Crippen molar-refractivity contribution in [2.75, 3.05) is 19.0 Å². The van der Waals surface area contributed by atoms with Crippen LogP contribution in [-0.2, 0) is 11.3 Å². The van der Waals surface area contributed by atoms with Gasteiger partial charge in [-0.3, -0.25) is 9.51 Å².